The smallest absolute Gasteiger partial charge is 0.200 e. The molecule has 4 heteroatoms. The predicted molar refractivity (Wildman–Crippen MR) is 42.4 cm³/mol. The molecule has 0 aliphatic rings. The molecule has 1 aromatic rings. The maximum absolute atomic E-state index is 12.7. The molecule has 13 heavy (non-hydrogen) atoms. The second-order valence-electron chi connectivity index (χ2n) is 2.57. The van der Waals surface area contributed by atoms with Gasteiger partial charge in [-0.2, -0.15) is 4.39 Å². The van der Waals surface area contributed by atoms with E-state index >= 15 is 0 Å². The summed E-state index contributed by atoms with van der Waals surface area (Å²) in [5.74, 6) is -3.06. The van der Waals surface area contributed by atoms with E-state index in [2.05, 4.69) is 0 Å². The van der Waals surface area contributed by atoms with Crippen molar-refractivity contribution in [3.05, 3.63) is 29.3 Å². The Bertz CT molecular complexity index is 324. The van der Waals surface area contributed by atoms with Gasteiger partial charge in [0.2, 0.25) is 5.82 Å². The average molecular weight is 186 g/mol. The fourth-order valence-electron chi connectivity index (χ4n) is 0.996. The summed E-state index contributed by atoms with van der Waals surface area (Å²) in [6, 6.07) is 2.19. The van der Waals surface area contributed by atoms with Crippen LogP contribution in [0.5, 0.6) is 5.75 Å². The molecular formula is C9H8F2O2. The van der Waals surface area contributed by atoms with Crippen molar-refractivity contribution >= 4 is 6.29 Å². The van der Waals surface area contributed by atoms with Crippen LogP contribution in [0.2, 0.25) is 0 Å². The van der Waals surface area contributed by atoms with E-state index < -0.39 is 17.4 Å². The van der Waals surface area contributed by atoms with E-state index in [1.54, 1.807) is 0 Å². The van der Waals surface area contributed by atoms with Gasteiger partial charge in [0.05, 0.1) is 0 Å². The highest BCUT2D eigenvalue weighted by atomic mass is 19.2. The first kappa shape index (κ1) is 9.64. The largest absolute Gasteiger partial charge is 0.505 e. The third-order valence-electron chi connectivity index (χ3n) is 1.68. The predicted octanol–water partition coefficient (Wildman–Crippen LogP) is 1.80. The SMILES string of the molecule is O=CCCc1ccc(F)c(F)c1O. The molecule has 0 unspecified atom stereocenters. The number of phenolic OH excluding ortho intramolecular Hbond substituents is 1. The van der Waals surface area contributed by atoms with Gasteiger partial charge in [-0.1, -0.05) is 6.07 Å². The number of halogens is 2. The van der Waals surface area contributed by atoms with Gasteiger partial charge in [-0.3, -0.25) is 0 Å². The minimum absolute atomic E-state index is 0.179. The molecule has 0 aliphatic heterocycles. The Morgan fingerprint density at radius 3 is 2.69 bits per heavy atom. The van der Waals surface area contributed by atoms with E-state index in [1.165, 1.54) is 6.07 Å². The molecular weight excluding hydrogens is 178 g/mol. The Balaban J connectivity index is 2.96. The van der Waals surface area contributed by atoms with E-state index in [1.807, 2.05) is 0 Å². The molecule has 0 saturated heterocycles. The van der Waals surface area contributed by atoms with Crippen molar-refractivity contribution in [1.29, 1.82) is 0 Å². The maximum atomic E-state index is 12.7. The molecule has 0 atom stereocenters. The number of hydrogen-bond acceptors (Lipinski definition) is 2. The highest BCUT2D eigenvalue weighted by molar-refractivity contribution is 5.50. The zero-order chi connectivity index (χ0) is 9.84. The second kappa shape index (κ2) is 3.98. The fourth-order valence-corrected chi connectivity index (χ4v) is 0.996. The number of hydrogen-bond donors (Lipinski definition) is 1. The van der Waals surface area contributed by atoms with Gasteiger partial charge >= 0.3 is 0 Å². The number of phenols is 1. The van der Waals surface area contributed by atoms with Crippen molar-refractivity contribution in [3.8, 4) is 5.75 Å². The highest BCUT2D eigenvalue weighted by Gasteiger charge is 2.11. The standard InChI is InChI=1S/C9H8F2O2/c10-7-4-3-6(2-1-5-12)9(13)8(7)11/h3-5,13H,1-2H2. The number of aromatic hydroxyl groups is 1. The molecule has 0 saturated carbocycles. The van der Waals surface area contributed by atoms with Crippen molar-refractivity contribution in [3.63, 3.8) is 0 Å². The van der Waals surface area contributed by atoms with Crippen LogP contribution in [-0.4, -0.2) is 11.4 Å². The number of aryl methyl sites for hydroxylation is 1. The summed E-state index contributed by atoms with van der Waals surface area (Å²) in [4.78, 5) is 9.99. The third-order valence-corrected chi connectivity index (χ3v) is 1.68. The zero-order valence-electron chi connectivity index (χ0n) is 6.76. The number of rotatable bonds is 3. The van der Waals surface area contributed by atoms with Crippen molar-refractivity contribution in [2.75, 3.05) is 0 Å². The minimum atomic E-state index is -1.26. The minimum Gasteiger partial charge on any atom is -0.505 e. The van der Waals surface area contributed by atoms with Gasteiger partial charge in [0, 0.05) is 6.42 Å². The number of aldehydes is 1. The number of carbonyl (C=O) groups is 1. The molecule has 0 aliphatic carbocycles. The molecule has 2 nitrogen and oxygen atoms in total. The van der Waals surface area contributed by atoms with Crippen LogP contribution in [-0.2, 0) is 11.2 Å². The van der Waals surface area contributed by atoms with Gasteiger partial charge in [0.1, 0.15) is 6.29 Å². The van der Waals surface area contributed by atoms with Gasteiger partial charge in [-0.25, -0.2) is 4.39 Å². The molecule has 0 fully saturated rings. The lowest BCUT2D eigenvalue weighted by Gasteiger charge is -2.03. The quantitative estimate of drug-likeness (QED) is 0.731. The van der Waals surface area contributed by atoms with Crippen molar-refractivity contribution in [2.24, 2.45) is 0 Å². The number of benzene rings is 1. The molecule has 0 amide bonds. The third kappa shape index (κ3) is 2.02. The van der Waals surface area contributed by atoms with Crippen molar-refractivity contribution in [1.82, 2.24) is 0 Å². The van der Waals surface area contributed by atoms with E-state index in [-0.39, 0.29) is 18.4 Å². The lowest BCUT2D eigenvalue weighted by atomic mass is 10.1. The molecule has 0 bridgehead atoms. The first-order valence-corrected chi connectivity index (χ1v) is 3.76. The topological polar surface area (TPSA) is 37.3 Å². The molecule has 70 valence electrons. The first-order chi connectivity index (χ1) is 6.16. The van der Waals surface area contributed by atoms with Crippen LogP contribution >= 0.6 is 0 Å². The van der Waals surface area contributed by atoms with Crippen LogP contribution in [0.25, 0.3) is 0 Å². The van der Waals surface area contributed by atoms with Gasteiger partial charge < -0.3 is 9.90 Å². The average Bonchev–Trinajstić information content (AvgIpc) is 2.13. The maximum Gasteiger partial charge on any atom is 0.200 e. The Labute approximate surface area is 73.8 Å². The molecule has 1 N–H and O–H groups in total. The Hall–Kier alpha value is -1.45. The van der Waals surface area contributed by atoms with Crippen LogP contribution in [0.15, 0.2) is 12.1 Å². The Morgan fingerprint density at radius 1 is 1.38 bits per heavy atom. The summed E-state index contributed by atoms with van der Waals surface area (Å²) in [7, 11) is 0. The number of carbonyl (C=O) groups excluding carboxylic acids is 1. The van der Waals surface area contributed by atoms with Crippen LogP contribution in [0.1, 0.15) is 12.0 Å². The summed E-state index contributed by atoms with van der Waals surface area (Å²) in [5.41, 5.74) is 0.242. The van der Waals surface area contributed by atoms with Gasteiger partial charge in [-0.05, 0) is 18.1 Å². The second-order valence-corrected chi connectivity index (χ2v) is 2.57. The molecule has 1 aromatic carbocycles. The lowest BCUT2D eigenvalue weighted by molar-refractivity contribution is -0.107. The Morgan fingerprint density at radius 2 is 2.08 bits per heavy atom. The summed E-state index contributed by atoms with van der Waals surface area (Å²) < 4.78 is 25.2. The van der Waals surface area contributed by atoms with E-state index in [9.17, 15) is 13.6 Å². The van der Waals surface area contributed by atoms with Gasteiger partial charge in [0.15, 0.2) is 11.6 Å². The normalized spacial score (nSPS) is 10.0. The van der Waals surface area contributed by atoms with Crippen LogP contribution in [0, 0.1) is 11.6 Å². The Kier molecular flexibility index (Phi) is 2.95. The van der Waals surface area contributed by atoms with Gasteiger partial charge in [0.25, 0.3) is 0 Å². The fraction of sp³-hybridized carbons (Fsp3) is 0.222. The van der Waals surface area contributed by atoms with E-state index in [4.69, 9.17) is 5.11 Å². The summed E-state index contributed by atoms with van der Waals surface area (Å²) in [5, 5.41) is 9.07. The first-order valence-electron chi connectivity index (χ1n) is 3.76. The summed E-state index contributed by atoms with van der Waals surface area (Å²) in [6.45, 7) is 0. The van der Waals surface area contributed by atoms with Gasteiger partial charge in [-0.15, -0.1) is 0 Å². The van der Waals surface area contributed by atoms with E-state index in [0.29, 0.717) is 6.29 Å². The molecule has 0 heterocycles. The van der Waals surface area contributed by atoms with Crippen molar-refractivity contribution < 1.29 is 18.7 Å². The zero-order valence-corrected chi connectivity index (χ0v) is 6.76. The summed E-state index contributed by atoms with van der Waals surface area (Å²) >= 11 is 0. The highest BCUT2D eigenvalue weighted by Crippen LogP contribution is 2.24. The van der Waals surface area contributed by atoms with E-state index in [0.717, 1.165) is 6.07 Å². The van der Waals surface area contributed by atoms with Crippen LogP contribution in [0.4, 0.5) is 8.78 Å². The van der Waals surface area contributed by atoms with Crippen LogP contribution < -0.4 is 0 Å². The van der Waals surface area contributed by atoms with Crippen molar-refractivity contribution in [2.45, 2.75) is 12.8 Å². The molecule has 1 rings (SSSR count). The molecule has 0 radical (unpaired) electrons. The van der Waals surface area contributed by atoms with Crippen LogP contribution in [0.3, 0.4) is 0 Å². The molecule has 0 spiro atoms. The lowest BCUT2D eigenvalue weighted by Crippen LogP contribution is -1.92. The monoisotopic (exact) mass is 186 g/mol. The summed E-state index contributed by atoms with van der Waals surface area (Å²) in [6.07, 6.45) is 1.05. The molecule has 0 aromatic heterocycles.